The van der Waals surface area contributed by atoms with Gasteiger partial charge in [0.25, 0.3) is 0 Å². The summed E-state index contributed by atoms with van der Waals surface area (Å²) in [4.78, 5) is 24.4. The fourth-order valence-corrected chi connectivity index (χ4v) is 1.43. The molecule has 0 amide bonds. The van der Waals surface area contributed by atoms with Crippen LogP contribution in [0.15, 0.2) is 34.2 Å². The van der Waals surface area contributed by atoms with E-state index in [1.165, 1.54) is 17.8 Å². The molecule has 0 radical (unpaired) electrons. The lowest BCUT2D eigenvalue weighted by atomic mass is 10.3. The van der Waals surface area contributed by atoms with Gasteiger partial charge in [0.1, 0.15) is 0 Å². The quantitative estimate of drug-likeness (QED) is 0.466. The molecule has 4 nitrogen and oxygen atoms in total. The fourth-order valence-electron chi connectivity index (χ4n) is 0.815. The third-order valence-corrected chi connectivity index (χ3v) is 2.37. The summed E-state index contributed by atoms with van der Waals surface area (Å²) in [6.45, 7) is 0. The van der Waals surface area contributed by atoms with Crippen LogP contribution in [0.2, 0.25) is 0 Å². The first-order chi connectivity index (χ1) is 6.72. The Labute approximate surface area is 84.7 Å². The van der Waals surface area contributed by atoms with Crippen molar-refractivity contribution in [3.63, 3.8) is 0 Å². The molecule has 5 heteroatoms. The molecule has 0 heterocycles. The predicted molar refractivity (Wildman–Crippen MR) is 52.6 cm³/mol. The predicted octanol–water partition coefficient (Wildman–Crippen LogP) is 1.83. The highest BCUT2D eigenvalue weighted by atomic mass is 32.2. The Hall–Kier alpha value is -1.58. The zero-order valence-electron chi connectivity index (χ0n) is 7.14. The topological polar surface area (TPSA) is 66.7 Å². The minimum Gasteiger partial charge on any atom is -0.481 e. The zero-order chi connectivity index (χ0) is 10.4. The molecule has 0 fully saturated rings. The van der Waals surface area contributed by atoms with Gasteiger partial charge in [-0.05, 0) is 24.3 Å². The third-order valence-electron chi connectivity index (χ3n) is 1.37. The van der Waals surface area contributed by atoms with Crippen LogP contribution in [0, 0.1) is 0 Å². The molecule has 1 aromatic rings. The monoisotopic (exact) mass is 209 g/mol. The maximum absolute atomic E-state index is 10.3. The molecule has 72 valence electrons. The number of hydrogen-bond donors (Lipinski definition) is 1. The van der Waals surface area contributed by atoms with Crippen molar-refractivity contribution in [2.24, 2.45) is 4.99 Å². The van der Waals surface area contributed by atoms with Crippen molar-refractivity contribution in [2.75, 3.05) is 5.75 Å². The second-order valence-corrected chi connectivity index (χ2v) is 3.43. The van der Waals surface area contributed by atoms with Crippen LogP contribution in [0.25, 0.3) is 0 Å². The molecule has 0 spiro atoms. The number of aliphatic carboxylic acids is 1. The molecule has 0 bridgehead atoms. The van der Waals surface area contributed by atoms with Crippen LogP contribution in [-0.2, 0) is 9.59 Å². The summed E-state index contributed by atoms with van der Waals surface area (Å²) in [6, 6.07) is 6.69. The standard InChI is InChI=1S/C9H7NO3S/c11-6-10-7-1-3-8(4-2-7)14-5-9(12)13/h1-4H,5H2,(H,12,13). The maximum Gasteiger partial charge on any atom is 0.313 e. The van der Waals surface area contributed by atoms with Crippen molar-refractivity contribution in [2.45, 2.75) is 4.90 Å². The Morgan fingerprint density at radius 3 is 2.57 bits per heavy atom. The van der Waals surface area contributed by atoms with Gasteiger partial charge in [0, 0.05) is 4.90 Å². The van der Waals surface area contributed by atoms with Gasteiger partial charge in [-0.2, -0.15) is 4.99 Å². The van der Waals surface area contributed by atoms with Gasteiger partial charge in [0.15, 0.2) is 0 Å². The molecule has 0 aromatic heterocycles. The van der Waals surface area contributed by atoms with Crippen molar-refractivity contribution in [1.29, 1.82) is 0 Å². The number of rotatable bonds is 4. The molecule has 0 atom stereocenters. The summed E-state index contributed by atoms with van der Waals surface area (Å²) in [5.74, 6) is -0.832. The second kappa shape index (κ2) is 5.21. The van der Waals surface area contributed by atoms with E-state index >= 15 is 0 Å². The summed E-state index contributed by atoms with van der Waals surface area (Å²) in [7, 11) is 0. The molecule has 0 saturated carbocycles. The van der Waals surface area contributed by atoms with E-state index in [0.29, 0.717) is 5.69 Å². The van der Waals surface area contributed by atoms with Crippen molar-refractivity contribution in [3.8, 4) is 0 Å². The van der Waals surface area contributed by atoms with Gasteiger partial charge >= 0.3 is 5.97 Å². The summed E-state index contributed by atoms with van der Waals surface area (Å²) in [5, 5.41) is 8.42. The van der Waals surface area contributed by atoms with Crippen LogP contribution in [0.4, 0.5) is 5.69 Å². The van der Waals surface area contributed by atoms with Crippen LogP contribution in [-0.4, -0.2) is 22.9 Å². The van der Waals surface area contributed by atoms with Gasteiger partial charge in [-0.1, -0.05) is 0 Å². The first-order valence-electron chi connectivity index (χ1n) is 3.75. The highest BCUT2D eigenvalue weighted by Crippen LogP contribution is 2.20. The van der Waals surface area contributed by atoms with Crippen molar-refractivity contribution in [1.82, 2.24) is 0 Å². The molecule has 0 aliphatic heterocycles. The fraction of sp³-hybridized carbons (Fsp3) is 0.111. The first-order valence-corrected chi connectivity index (χ1v) is 4.73. The van der Waals surface area contributed by atoms with Crippen LogP contribution >= 0.6 is 11.8 Å². The Balaban J connectivity index is 2.63. The number of isocyanates is 1. The van der Waals surface area contributed by atoms with Gasteiger partial charge in [-0.3, -0.25) is 4.79 Å². The summed E-state index contributed by atoms with van der Waals surface area (Å²) >= 11 is 1.22. The molecule has 0 aliphatic carbocycles. The van der Waals surface area contributed by atoms with E-state index in [1.807, 2.05) is 0 Å². The highest BCUT2D eigenvalue weighted by molar-refractivity contribution is 8.00. The summed E-state index contributed by atoms with van der Waals surface area (Å²) in [5.41, 5.74) is 0.514. The van der Waals surface area contributed by atoms with Gasteiger partial charge in [-0.15, -0.1) is 11.8 Å². The van der Waals surface area contributed by atoms with Crippen LogP contribution < -0.4 is 0 Å². The summed E-state index contributed by atoms with van der Waals surface area (Å²) in [6.07, 6.45) is 1.43. The van der Waals surface area contributed by atoms with Crippen molar-refractivity contribution < 1.29 is 14.7 Å². The number of carboxylic acids is 1. The normalized spacial score (nSPS) is 9.14. The van der Waals surface area contributed by atoms with E-state index in [0.717, 1.165) is 4.90 Å². The average Bonchev–Trinajstić information content (AvgIpc) is 2.17. The van der Waals surface area contributed by atoms with Gasteiger partial charge in [0.05, 0.1) is 11.4 Å². The van der Waals surface area contributed by atoms with E-state index in [1.54, 1.807) is 24.3 Å². The Morgan fingerprint density at radius 1 is 1.43 bits per heavy atom. The molecular formula is C9H7NO3S. The van der Waals surface area contributed by atoms with E-state index in [9.17, 15) is 9.59 Å². The minimum absolute atomic E-state index is 0.0241. The molecule has 1 N–H and O–H groups in total. The first kappa shape index (κ1) is 10.5. The lowest BCUT2D eigenvalue weighted by molar-refractivity contribution is -0.133. The molecule has 0 aliphatic rings. The largest absolute Gasteiger partial charge is 0.481 e. The smallest absolute Gasteiger partial charge is 0.313 e. The molecule has 1 aromatic carbocycles. The van der Waals surface area contributed by atoms with Crippen LogP contribution in [0.1, 0.15) is 0 Å². The van der Waals surface area contributed by atoms with Crippen molar-refractivity contribution in [3.05, 3.63) is 24.3 Å². The van der Waals surface area contributed by atoms with E-state index in [4.69, 9.17) is 5.11 Å². The van der Waals surface area contributed by atoms with Crippen LogP contribution in [0.5, 0.6) is 0 Å². The Bertz CT molecular complexity index is 368. The van der Waals surface area contributed by atoms with E-state index in [2.05, 4.69) is 4.99 Å². The SMILES string of the molecule is O=C=Nc1ccc(SCC(=O)O)cc1. The number of carbonyl (C=O) groups is 1. The van der Waals surface area contributed by atoms with Gasteiger partial charge < -0.3 is 5.11 Å². The number of carbonyl (C=O) groups excluding carboxylic acids is 1. The Kier molecular flexibility index (Phi) is 3.91. The maximum atomic E-state index is 10.3. The lowest BCUT2D eigenvalue weighted by Crippen LogP contribution is -1.96. The molecule has 0 saturated heterocycles. The molecular weight excluding hydrogens is 202 g/mol. The zero-order valence-corrected chi connectivity index (χ0v) is 7.95. The number of aliphatic imine (C=N–C) groups is 1. The van der Waals surface area contributed by atoms with Crippen LogP contribution in [0.3, 0.4) is 0 Å². The molecule has 0 unspecified atom stereocenters. The number of carboxylic acid groups (broad SMARTS) is 1. The lowest BCUT2D eigenvalue weighted by Gasteiger charge is -1.97. The van der Waals surface area contributed by atoms with Gasteiger partial charge in [-0.25, -0.2) is 4.79 Å². The summed E-state index contributed by atoms with van der Waals surface area (Å²) < 4.78 is 0. The van der Waals surface area contributed by atoms with E-state index < -0.39 is 5.97 Å². The highest BCUT2D eigenvalue weighted by Gasteiger charge is 1.99. The van der Waals surface area contributed by atoms with Crippen molar-refractivity contribution >= 4 is 29.5 Å². The molecule has 14 heavy (non-hydrogen) atoms. The number of benzene rings is 1. The molecule has 1 rings (SSSR count). The second-order valence-electron chi connectivity index (χ2n) is 2.38. The number of thioether (sulfide) groups is 1. The average molecular weight is 209 g/mol. The number of hydrogen-bond acceptors (Lipinski definition) is 4. The Morgan fingerprint density at radius 2 is 2.07 bits per heavy atom. The minimum atomic E-state index is -0.856. The van der Waals surface area contributed by atoms with Gasteiger partial charge in [0.2, 0.25) is 6.08 Å². The number of nitrogens with zero attached hydrogens (tertiary/aromatic N) is 1. The van der Waals surface area contributed by atoms with E-state index in [-0.39, 0.29) is 5.75 Å². The third kappa shape index (κ3) is 3.43.